The third-order valence-corrected chi connectivity index (χ3v) is 50.5. The van der Waals surface area contributed by atoms with E-state index in [0.717, 1.165) is 32.8 Å². The number of hydrogen-bond donors (Lipinski definition) is 2. The van der Waals surface area contributed by atoms with E-state index in [4.69, 9.17) is 102 Å². The van der Waals surface area contributed by atoms with Gasteiger partial charge in [-0.3, -0.25) is 19.2 Å². The van der Waals surface area contributed by atoms with Gasteiger partial charge in [0.25, 0.3) is 5.97 Å². The quantitative estimate of drug-likeness (QED) is 0.0137. The van der Waals surface area contributed by atoms with Gasteiger partial charge in [0, 0.05) is 115 Å². The van der Waals surface area contributed by atoms with Gasteiger partial charge in [0.2, 0.25) is 0 Å². The number of esters is 2. The minimum absolute atomic E-state index is 0.00135. The Balaban J connectivity index is 0.877. The third-order valence-electron chi connectivity index (χ3n) is 31.9. The molecule has 0 aromatic heterocycles. The fraction of sp³-hybridized carbons (Fsp3) is 0.667. The van der Waals surface area contributed by atoms with Gasteiger partial charge in [0.05, 0.1) is 119 Å². The molecule has 798 valence electrons. The second-order valence-electron chi connectivity index (χ2n) is 47.6. The van der Waals surface area contributed by atoms with Crippen molar-refractivity contribution in [1.82, 2.24) is 0 Å². The molecule has 0 bridgehead atoms. The van der Waals surface area contributed by atoms with Crippen LogP contribution in [0.3, 0.4) is 0 Å². The lowest BCUT2D eigenvalue weighted by Crippen LogP contribution is -2.67. The van der Waals surface area contributed by atoms with E-state index in [2.05, 4.69) is 155 Å². The molecule has 0 radical (unpaired) electrons. The summed E-state index contributed by atoms with van der Waals surface area (Å²) in [5.74, 6) is -6.94. The van der Waals surface area contributed by atoms with Crippen LogP contribution in [0.15, 0.2) is 169 Å². The fourth-order valence-corrected chi connectivity index (χ4v) is 29.6. The number of unbranched alkanes of at least 4 members (excludes halogenated alkanes) is 1. The number of carbonyl (C=O) groups is 4. The first-order chi connectivity index (χ1) is 66.6. The summed E-state index contributed by atoms with van der Waals surface area (Å²) >= 11 is 6.44. The zero-order valence-electron chi connectivity index (χ0n) is 91.6. The van der Waals surface area contributed by atoms with Crippen molar-refractivity contribution in [1.29, 1.82) is 0 Å². The van der Waals surface area contributed by atoms with E-state index in [1.165, 1.54) is 13.8 Å². The van der Waals surface area contributed by atoms with Crippen LogP contribution in [0.1, 0.15) is 252 Å². The summed E-state index contributed by atoms with van der Waals surface area (Å²) in [4.78, 5) is 56.4. The lowest BCUT2D eigenvalue weighted by atomic mass is 9.78. The van der Waals surface area contributed by atoms with Crippen LogP contribution >= 0.6 is 11.6 Å². The van der Waals surface area contributed by atoms with Crippen LogP contribution in [-0.2, 0) is 107 Å². The smallest absolute Gasteiger partial charge is 0.323 e. The predicted molar refractivity (Wildman–Crippen MR) is 572 cm³/mol. The van der Waals surface area contributed by atoms with Crippen LogP contribution < -0.4 is 19.8 Å². The molecule has 6 aliphatic heterocycles. The van der Waals surface area contributed by atoms with E-state index in [-0.39, 0.29) is 104 Å². The van der Waals surface area contributed by atoms with E-state index >= 15 is 4.79 Å². The summed E-state index contributed by atoms with van der Waals surface area (Å²) in [7, 11) is -4.14. The van der Waals surface area contributed by atoms with Crippen LogP contribution in [0.5, 0.6) is 11.5 Å². The first-order valence-corrected chi connectivity index (χ1v) is 62.9. The molecule has 143 heavy (non-hydrogen) atoms. The highest BCUT2D eigenvalue weighted by atomic mass is 35.5. The van der Waals surface area contributed by atoms with Gasteiger partial charge in [-0.1, -0.05) is 256 Å². The third kappa shape index (κ3) is 31.1. The molecular weight excluding hydrogens is 1900 g/mol. The monoisotopic (exact) mass is 2080 g/mol. The molecule has 2 N–H and O–H groups in total. The van der Waals surface area contributed by atoms with Gasteiger partial charge in [0.1, 0.15) is 41.7 Å². The van der Waals surface area contributed by atoms with Crippen molar-refractivity contribution < 1.29 is 113 Å². The maximum Gasteiger partial charge on any atom is 0.323 e. The second-order valence-corrected chi connectivity index (χ2v) is 66.6. The van der Waals surface area contributed by atoms with Crippen molar-refractivity contribution in [2.45, 2.75) is 434 Å². The van der Waals surface area contributed by atoms with E-state index in [0.29, 0.717) is 74.1 Å². The Hall–Kier alpha value is -6.18. The van der Waals surface area contributed by atoms with Crippen molar-refractivity contribution in [3.63, 3.8) is 0 Å². The van der Waals surface area contributed by atoms with Crippen LogP contribution in [-0.4, -0.2) is 216 Å². The predicted octanol–water partition coefficient (Wildman–Crippen LogP) is 22.7. The number of aliphatic hydroxyl groups excluding tert-OH is 1. The molecule has 24 nitrogen and oxygen atoms in total. The van der Waals surface area contributed by atoms with E-state index in [1.807, 2.05) is 129 Å². The number of ether oxygens (including phenoxy) is 14. The molecule has 0 amide bonds. The molecule has 6 aliphatic rings. The molecule has 0 unspecified atom stereocenters. The van der Waals surface area contributed by atoms with E-state index in [1.54, 1.807) is 48.4 Å². The number of allylic oxidation sites excluding steroid dienone is 3. The molecule has 4 aromatic rings. The number of hydrogen-bond acceptors (Lipinski definition) is 24. The van der Waals surface area contributed by atoms with Crippen molar-refractivity contribution in [2.75, 3.05) is 28.4 Å². The second kappa shape index (κ2) is 49.3. The number of methoxy groups -OCH3 is 4. The van der Waals surface area contributed by atoms with Gasteiger partial charge in [-0.15, -0.1) is 0 Å². The van der Waals surface area contributed by atoms with Gasteiger partial charge in [-0.05, 0) is 157 Å². The Kier molecular flexibility index (Phi) is 40.9. The van der Waals surface area contributed by atoms with E-state index < -0.39 is 182 Å². The number of halogens is 1. The highest BCUT2D eigenvalue weighted by molar-refractivity contribution is 7.00. The van der Waals surface area contributed by atoms with Crippen LogP contribution in [0.2, 0.25) is 59.4 Å². The normalized spacial score (nSPS) is 29.4. The summed E-state index contributed by atoms with van der Waals surface area (Å²) in [6, 6.07) is 35.4. The molecule has 0 aliphatic carbocycles. The Morgan fingerprint density at radius 2 is 1.11 bits per heavy atom. The zero-order valence-corrected chi connectivity index (χ0v) is 96.3. The highest BCUT2D eigenvalue weighted by Gasteiger charge is 2.62. The highest BCUT2D eigenvalue weighted by Crippen LogP contribution is 2.53. The standard InChI is InChI=1S/C114H175ClO24Si4/c1-74(58-88(53-48-76(3)115)136-140(27,28)107(10,11)12)59-99-105(127-72-84-51-56-86(123-24)57-52-84)103(126-71-83-49-54-85(122-23)55-50-83)80(7)104(130-99)106(120)114(125-26)70-100(138-142(31,32)109(16,17)18)79(6)98(135-114)47-41-33-36-42-87-61-94(137-141(29,30)108(13,14)15)69-112(131-87)67-91(124-25)62-89(132-112)64-97(118)78(5)102(129-82(9)117)77(4)75(2)60-93-66-111(22,121)73-113(134-93)68-92(128-81(8)116)63-90(133-113)65-101(119)139-143(110(19,20)21,95-43-37-34-38-44-95)96-45-39-35-40-46-96/h34-40,42-46,48-57,77-80,87-94,98-100,102-106,120-121H,1-3,33,41,47,58-73H2,4-32H3/b42-36-,53-48+/t77-,78-,79+,80-,87+,88-,89+,90-,91+,92+,93+,94+,98-,99-,100+,102+,103-,104-,105-,106+,111+,112+,113-,114-/m1/s1. The van der Waals surface area contributed by atoms with Gasteiger partial charge in [-0.25, -0.2) is 0 Å². The molecule has 4 aromatic carbocycles. The zero-order chi connectivity index (χ0) is 106. The summed E-state index contributed by atoms with van der Waals surface area (Å²) in [5.41, 5.74) is 1.88. The van der Waals surface area contributed by atoms with Crippen molar-refractivity contribution in [3.05, 3.63) is 181 Å². The molecule has 29 heteroatoms. The first kappa shape index (κ1) is 119. The maximum atomic E-state index is 15.3. The topological polar surface area (TPSA) is 275 Å². The number of rotatable bonds is 44. The Morgan fingerprint density at radius 3 is 1.64 bits per heavy atom. The van der Waals surface area contributed by atoms with Crippen molar-refractivity contribution >= 4 is 78.9 Å². The fourth-order valence-electron chi connectivity index (χ4n) is 21.1. The SMILES string of the molecule is C=C(Cl)/C=C/[C@H](CC(=C)C[C@H]1O[C@@H]([C@H](O)[C@@]2(OC)C[C@H](O[Si](C)(C)C(C)(C)C)[C@@H](C)[C@@H](CCC/C=C\[C@H]3C[C@H](O[Si](C)(C)C(C)(C)C)C[C@@]4(C[C@@H](OC)C[C@@H](CC(=O)[C@@H](C)[C@@H](OC(C)=O)[C@H](C)C(=C)C[C@H]5C[C@](C)(O)C[C@@]6(C[C@@H](OC(C)=O)C[C@H](CC(=O)O[Si](c7ccccc7)(c7ccccc7)C(C)(C)C)O6)O5)O4)O3)O2)[C@H](C)[C@@H](OCc2ccc(OC)cc2)[C@@H]1OCc1ccc(OC)cc1)O[Si](C)(C)C(C)(C)C. The number of Topliss-reactive ketones (excluding diaryl/α,β-unsaturated/α-hetero) is 1. The summed E-state index contributed by atoms with van der Waals surface area (Å²) in [6.45, 7) is 65.8. The molecule has 6 heterocycles. The molecule has 6 fully saturated rings. The minimum Gasteiger partial charge on any atom is -0.509 e. The van der Waals surface area contributed by atoms with Crippen molar-refractivity contribution in [3.8, 4) is 11.5 Å². The molecule has 10 rings (SSSR count). The molecule has 24 atom stereocenters. The van der Waals surface area contributed by atoms with Gasteiger partial charge >= 0.3 is 20.3 Å². The average Bonchev–Trinajstić information content (AvgIpc) is 0.758. The van der Waals surface area contributed by atoms with Gasteiger partial charge < -0.3 is 94.2 Å². The average molecular weight is 2080 g/mol. The number of aliphatic hydroxyl groups is 2. The molecule has 2 spiro atoms. The van der Waals surface area contributed by atoms with Crippen LogP contribution in [0.4, 0.5) is 0 Å². The first-order valence-electron chi connectivity index (χ1n) is 51.9. The largest absolute Gasteiger partial charge is 0.509 e. The Bertz CT molecular complexity index is 4850. The van der Waals surface area contributed by atoms with Crippen molar-refractivity contribution in [2.24, 2.45) is 23.7 Å². The number of ketones is 1. The number of benzene rings is 4. The lowest BCUT2D eigenvalue weighted by molar-refractivity contribution is -0.360. The van der Waals surface area contributed by atoms with Crippen LogP contribution in [0, 0.1) is 23.7 Å². The van der Waals surface area contributed by atoms with Crippen LogP contribution in [0.25, 0.3) is 0 Å². The molecular formula is C114H175ClO24Si4. The Morgan fingerprint density at radius 1 is 0.580 bits per heavy atom. The molecule has 0 saturated carbocycles. The minimum atomic E-state index is -3.35. The Labute approximate surface area is 865 Å². The molecule has 6 saturated heterocycles. The van der Waals surface area contributed by atoms with Gasteiger partial charge in [-0.2, -0.15) is 0 Å². The van der Waals surface area contributed by atoms with Gasteiger partial charge in [0.15, 0.2) is 42.3 Å². The van der Waals surface area contributed by atoms with E-state index in [9.17, 15) is 24.6 Å². The summed E-state index contributed by atoms with van der Waals surface area (Å²) in [5, 5.41) is 27.5. The number of carbonyl (C=O) groups excluding carboxylic acids is 4. The maximum absolute atomic E-state index is 15.3. The summed E-state index contributed by atoms with van der Waals surface area (Å²) in [6.07, 6.45) is 1.93. The lowest BCUT2D eigenvalue weighted by Gasteiger charge is -2.54. The summed E-state index contributed by atoms with van der Waals surface area (Å²) < 4.78 is 123.